The summed E-state index contributed by atoms with van der Waals surface area (Å²) in [5.41, 5.74) is 5.97. The third-order valence-corrected chi connectivity index (χ3v) is 2.37. The molecule has 7 nitrogen and oxygen atoms in total. The van der Waals surface area contributed by atoms with Gasteiger partial charge in [0.2, 0.25) is 0 Å². The average molecular weight is 295 g/mol. The van der Waals surface area contributed by atoms with Crippen molar-refractivity contribution in [1.82, 2.24) is 0 Å². The van der Waals surface area contributed by atoms with E-state index in [4.69, 9.17) is 20.6 Å². The predicted molar refractivity (Wildman–Crippen MR) is 69.5 cm³/mol. The molecular weight excluding hydrogens is 280 g/mol. The van der Waals surface area contributed by atoms with Crippen LogP contribution in [0.4, 0.5) is 0 Å². The smallest absolute Gasteiger partial charge is 0.480 e. The number of aliphatic carboxylic acids is 1. The van der Waals surface area contributed by atoms with E-state index in [1.165, 1.54) is 24.3 Å². The number of hydrogen-bond acceptors (Lipinski definition) is 4. The second-order valence-corrected chi connectivity index (χ2v) is 4.54. The minimum Gasteiger partial charge on any atom is -0.480 e. The highest BCUT2D eigenvalue weighted by Gasteiger charge is 2.16. The molecule has 0 aliphatic heterocycles. The summed E-state index contributed by atoms with van der Waals surface area (Å²) >= 11 is 0. The Kier molecular flexibility index (Phi) is 6.46. The van der Waals surface area contributed by atoms with Gasteiger partial charge in [0.15, 0.2) is 0 Å². The second-order valence-electron chi connectivity index (χ2n) is 3.37. The monoisotopic (exact) mass is 295 g/mol. The SMILES string of the molecule is NC(Cc1ccc(OP(=O)(O)O)cc1)C(=O)O.P. The van der Waals surface area contributed by atoms with Crippen molar-refractivity contribution in [2.24, 2.45) is 5.73 Å². The molecule has 0 aliphatic rings. The van der Waals surface area contributed by atoms with E-state index in [2.05, 4.69) is 4.52 Å². The Labute approximate surface area is 107 Å². The van der Waals surface area contributed by atoms with Crippen LogP contribution in [0.2, 0.25) is 0 Å². The standard InChI is InChI=1S/C9H12NO6P.H3P/c10-8(9(11)12)5-6-1-3-7(4-2-6)16-17(13,14)15;/h1-4,8H,5,10H2,(H,11,12)(H2,13,14,15);1H3. The first-order chi connectivity index (χ1) is 7.78. The van der Waals surface area contributed by atoms with E-state index in [0.29, 0.717) is 5.56 Å². The fourth-order valence-electron chi connectivity index (χ4n) is 1.16. The van der Waals surface area contributed by atoms with Crippen LogP contribution in [0.25, 0.3) is 0 Å². The maximum atomic E-state index is 10.5. The van der Waals surface area contributed by atoms with E-state index in [0.717, 1.165) is 0 Å². The zero-order chi connectivity index (χ0) is 13.1. The van der Waals surface area contributed by atoms with Crippen molar-refractivity contribution < 1.29 is 28.8 Å². The molecule has 0 radical (unpaired) electrons. The Hall–Kier alpha value is -0.970. The zero-order valence-corrected chi connectivity index (χ0v) is 11.7. The van der Waals surface area contributed by atoms with Crippen molar-refractivity contribution in [3.05, 3.63) is 29.8 Å². The molecule has 0 bridgehead atoms. The van der Waals surface area contributed by atoms with Crippen molar-refractivity contribution in [3.63, 3.8) is 0 Å². The molecule has 5 N–H and O–H groups in total. The number of carboxylic acids is 1. The number of rotatable bonds is 5. The van der Waals surface area contributed by atoms with E-state index in [1.54, 1.807) is 0 Å². The number of hydrogen-bond donors (Lipinski definition) is 4. The van der Waals surface area contributed by atoms with Gasteiger partial charge in [-0.2, -0.15) is 9.90 Å². The maximum Gasteiger partial charge on any atom is 0.524 e. The number of benzene rings is 1. The largest absolute Gasteiger partial charge is 0.524 e. The van der Waals surface area contributed by atoms with Gasteiger partial charge in [-0.15, -0.1) is 0 Å². The first-order valence-electron chi connectivity index (χ1n) is 4.60. The molecule has 0 saturated carbocycles. The zero-order valence-electron chi connectivity index (χ0n) is 9.39. The van der Waals surface area contributed by atoms with Crippen LogP contribution in [0.5, 0.6) is 5.75 Å². The highest BCUT2D eigenvalue weighted by molar-refractivity contribution is 7.46. The molecule has 1 aromatic carbocycles. The van der Waals surface area contributed by atoms with Gasteiger partial charge in [-0.1, -0.05) is 12.1 Å². The number of carboxylic acid groups (broad SMARTS) is 1. The topological polar surface area (TPSA) is 130 Å². The van der Waals surface area contributed by atoms with Gasteiger partial charge in [0, 0.05) is 0 Å². The second kappa shape index (κ2) is 6.83. The van der Waals surface area contributed by atoms with Crippen molar-refractivity contribution in [1.29, 1.82) is 0 Å². The summed E-state index contributed by atoms with van der Waals surface area (Å²) < 4.78 is 14.9. The minimum atomic E-state index is -4.56. The Morgan fingerprint density at radius 3 is 2.22 bits per heavy atom. The molecule has 0 fully saturated rings. The van der Waals surface area contributed by atoms with Gasteiger partial charge < -0.3 is 15.4 Å². The highest BCUT2D eigenvalue weighted by Crippen LogP contribution is 2.37. The Morgan fingerprint density at radius 1 is 1.33 bits per heavy atom. The summed E-state index contributed by atoms with van der Waals surface area (Å²) in [5, 5.41) is 8.60. The maximum absolute atomic E-state index is 10.5. The van der Waals surface area contributed by atoms with Gasteiger partial charge >= 0.3 is 13.8 Å². The molecule has 0 saturated heterocycles. The molecule has 0 aliphatic carbocycles. The molecule has 102 valence electrons. The van der Waals surface area contributed by atoms with Crippen molar-refractivity contribution >= 4 is 23.7 Å². The summed E-state index contributed by atoms with van der Waals surface area (Å²) in [7, 11) is -4.56. The van der Waals surface area contributed by atoms with Gasteiger partial charge in [0.1, 0.15) is 11.8 Å². The molecule has 0 amide bonds. The summed E-state index contributed by atoms with van der Waals surface area (Å²) in [6.45, 7) is 0. The lowest BCUT2D eigenvalue weighted by atomic mass is 10.1. The molecule has 18 heavy (non-hydrogen) atoms. The fraction of sp³-hybridized carbons (Fsp3) is 0.222. The average Bonchev–Trinajstić information content (AvgIpc) is 2.18. The van der Waals surface area contributed by atoms with Crippen LogP contribution < -0.4 is 10.3 Å². The van der Waals surface area contributed by atoms with E-state index in [9.17, 15) is 9.36 Å². The van der Waals surface area contributed by atoms with E-state index < -0.39 is 19.8 Å². The Bertz CT molecular complexity index is 443. The normalized spacial score (nSPS) is 12.4. The number of phosphoric ester groups is 1. The van der Waals surface area contributed by atoms with Crippen molar-refractivity contribution in [2.75, 3.05) is 0 Å². The number of phosphoric acid groups is 1. The molecule has 0 aromatic heterocycles. The summed E-state index contributed by atoms with van der Waals surface area (Å²) in [5.74, 6) is -1.11. The molecule has 9 heteroatoms. The molecular formula is C9H15NO6P2. The van der Waals surface area contributed by atoms with Gasteiger partial charge in [-0.3, -0.25) is 14.6 Å². The van der Waals surface area contributed by atoms with Gasteiger partial charge in [0.05, 0.1) is 0 Å². The van der Waals surface area contributed by atoms with Gasteiger partial charge in [-0.25, -0.2) is 4.57 Å². The summed E-state index contributed by atoms with van der Waals surface area (Å²) in [6, 6.07) is 4.65. The summed E-state index contributed by atoms with van der Waals surface area (Å²) in [6.07, 6.45) is 0.130. The molecule has 1 aromatic rings. The molecule has 2 unspecified atom stereocenters. The van der Waals surface area contributed by atoms with Crippen LogP contribution in [0, 0.1) is 0 Å². The lowest BCUT2D eigenvalue weighted by Crippen LogP contribution is -2.32. The van der Waals surface area contributed by atoms with Crippen molar-refractivity contribution in [2.45, 2.75) is 12.5 Å². The van der Waals surface area contributed by atoms with Crippen LogP contribution in [0.3, 0.4) is 0 Å². The van der Waals surface area contributed by atoms with Crippen LogP contribution in [0.15, 0.2) is 24.3 Å². The number of carbonyl (C=O) groups is 1. The number of nitrogens with two attached hydrogens (primary N) is 1. The molecule has 0 spiro atoms. The lowest BCUT2D eigenvalue weighted by Gasteiger charge is -2.09. The first kappa shape index (κ1) is 17.0. The van der Waals surface area contributed by atoms with Gasteiger partial charge in [-0.05, 0) is 24.1 Å². The van der Waals surface area contributed by atoms with E-state index in [-0.39, 0.29) is 22.1 Å². The quantitative estimate of drug-likeness (QED) is 0.569. The molecule has 0 heterocycles. The third-order valence-electron chi connectivity index (χ3n) is 1.92. The molecule has 2 atom stereocenters. The van der Waals surface area contributed by atoms with Gasteiger partial charge in [0.25, 0.3) is 0 Å². The van der Waals surface area contributed by atoms with Crippen LogP contribution in [-0.2, 0) is 15.8 Å². The fourth-order valence-corrected chi connectivity index (χ4v) is 1.56. The van der Waals surface area contributed by atoms with Crippen molar-refractivity contribution in [3.8, 4) is 5.75 Å². The minimum absolute atomic E-state index is 0. The summed E-state index contributed by atoms with van der Waals surface area (Å²) in [4.78, 5) is 27.6. The van der Waals surface area contributed by atoms with E-state index in [1.807, 2.05) is 0 Å². The Balaban J connectivity index is 0.00000289. The van der Waals surface area contributed by atoms with Crippen LogP contribution in [-0.4, -0.2) is 26.9 Å². The first-order valence-corrected chi connectivity index (χ1v) is 6.13. The van der Waals surface area contributed by atoms with E-state index >= 15 is 0 Å². The molecule has 1 rings (SSSR count). The lowest BCUT2D eigenvalue weighted by molar-refractivity contribution is -0.138. The van der Waals surface area contributed by atoms with Crippen LogP contribution >= 0.6 is 17.7 Å². The van der Waals surface area contributed by atoms with Crippen LogP contribution in [0.1, 0.15) is 5.56 Å². The predicted octanol–water partition coefficient (Wildman–Crippen LogP) is 0.171. The highest BCUT2D eigenvalue weighted by atomic mass is 31.2. The Morgan fingerprint density at radius 2 is 1.83 bits per heavy atom. The third kappa shape index (κ3) is 6.10.